The maximum atomic E-state index is 12.3. The minimum atomic E-state index is -4.10. The second-order valence-corrected chi connectivity index (χ2v) is 9.06. The van der Waals surface area contributed by atoms with Crippen LogP contribution in [0.3, 0.4) is 0 Å². The van der Waals surface area contributed by atoms with E-state index in [1.165, 1.54) is 36.4 Å². The number of thiophene rings is 1. The molecule has 0 aliphatic heterocycles. The highest BCUT2D eigenvalue weighted by Gasteiger charge is 2.26. The third-order valence-corrected chi connectivity index (χ3v) is 6.43. The van der Waals surface area contributed by atoms with E-state index in [1.54, 1.807) is 6.07 Å². The number of benzene rings is 1. The van der Waals surface area contributed by atoms with Crippen LogP contribution < -0.4 is 39.2 Å². The molecule has 0 fully saturated rings. The Morgan fingerprint density at radius 2 is 1.58 bits per heavy atom. The van der Waals surface area contributed by atoms with Gasteiger partial charge in [-0.05, 0) is 24.3 Å². The molecule has 1 atom stereocenters. The van der Waals surface area contributed by atoms with Crippen molar-refractivity contribution in [3.63, 3.8) is 0 Å². The lowest BCUT2D eigenvalue weighted by Crippen LogP contribution is -3.00. The standard InChI is InChI=1S/C18H22N6O6S2.ClH/c19-18(20)22-9-8-21-15(25)13-6-7-14(31-13)16(26)23-10-12(17(27)28)24-32(29,30)11-4-2-1-3-5-11;/h1-7,12,24H,8-10H2,(H,21,25)(H,23,26)(H,27,28)(H4,19,20,22);1H/p-1/t12-;/m1./s1. The summed E-state index contributed by atoms with van der Waals surface area (Å²) in [7, 11) is -4.10. The molecule has 0 bridgehead atoms. The molecule has 1 aromatic carbocycles. The number of guanidine groups is 1. The van der Waals surface area contributed by atoms with Gasteiger partial charge in [0.1, 0.15) is 6.04 Å². The predicted octanol–water partition coefficient (Wildman–Crippen LogP) is -4.08. The van der Waals surface area contributed by atoms with E-state index in [4.69, 9.17) is 11.5 Å². The molecule has 0 saturated heterocycles. The van der Waals surface area contributed by atoms with Gasteiger partial charge < -0.3 is 39.6 Å². The second-order valence-electron chi connectivity index (χ2n) is 6.26. The average molecular weight is 518 g/mol. The topological polar surface area (TPSA) is 206 Å². The lowest BCUT2D eigenvalue weighted by Gasteiger charge is -2.15. The van der Waals surface area contributed by atoms with Crippen molar-refractivity contribution >= 4 is 45.1 Å². The van der Waals surface area contributed by atoms with Gasteiger partial charge >= 0.3 is 5.97 Å². The quantitative estimate of drug-likeness (QED) is 0.0978. The molecule has 33 heavy (non-hydrogen) atoms. The van der Waals surface area contributed by atoms with Crippen LogP contribution in [0, 0.1) is 0 Å². The fourth-order valence-electron chi connectivity index (χ4n) is 2.34. The van der Waals surface area contributed by atoms with Crippen molar-refractivity contribution in [3.05, 3.63) is 52.2 Å². The normalized spacial score (nSPS) is 11.5. The van der Waals surface area contributed by atoms with E-state index in [0.717, 1.165) is 11.3 Å². The number of amides is 2. The molecule has 1 heterocycles. The van der Waals surface area contributed by atoms with Crippen LogP contribution in [-0.2, 0) is 14.8 Å². The first kappa shape index (κ1) is 27.8. The Morgan fingerprint density at radius 1 is 1.00 bits per heavy atom. The Labute approximate surface area is 199 Å². The first-order valence-corrected chi connectivity index (χ1v) is 11.4. The van der Waals surface area contributed by atoms with E-state index < -0.39 is 40.4 Å². The number of halogens is 1. The van der Waals surface area contributed by atoms with E-state index in [-0.39, 0.29) is 46.1 Å². The van der Waals surface area contributed by atoms with Gasteiger partial charge in [0.25, 0.3) is 11.8 Å². The Morgan fingerprint density at radius 3 is 2.12 bits per heavy atom. The third kappa shape index (κ3) is 8.69. The highest BCUT2D eigenvalue weighted by atomic mass is 35.5. The van der Waals surface area contributed by atoms with Crippen LogP contribution >= 0.6 is 11.3 Å². The first-order valence-electron chi connectivity index (χ1n) is 9.12. The number of carbonyl (C=O) groups excluding carboxylic acids is 2. The minimum absolute atomic E-state index is 0. The molecular weight excluding hydrogens is 496 g/mol. The zero-order valence-electron chi connectivity index (χ0n) is 17.0. The van der Waals surface area contributed by atoms with Crippen LogP contribution in [0.1, 0.15) is 19.3 Å². The minimum Gasteiger partial charge on any atom is -1.00 e. The van der Waals surface area contributed by atoms with Gasteiger partial charge in [-0.25, -0.2) is 8.42 Å². The monoisotopic (exact) mass is 517 g/mol. The lowest BCUT2D eigenvalue weighted by atomic mass is 10.3. The Balaban J connectivity index is 0.00000544. The summed E-state index contributed by atoms with van der Waals surface area (Å²) < 4.78 is 26.7. The van der Waals surface area contributed by atoms with E-state index in [0.29, 0.717) is 0 Å². The number of aliphatic imine (C=N–C) groups is 1. The maximum absolute atomic E-state index is 12.3. The molecule has 0 spiro atoms. The zero-order valence-corrected chi connectivity index (χ0v) is 19.4. The van der Waals surface area contributed by atoms with Crippen LogP contribution in [0.25, 0.3) is 0 Å². The van der Waals surface area contributed by atoms with Crippen LogP contribution in [0.5, 0.6) is 0 Å². The van der Waals surface area contributed by atoms with Crippen molar-refractivity contribution < 1.29 is 40.3 Å². The van der Waals surface area contributed by atoms with Gasteiger partial charge in [-0.3, -0.25) is 19.4 Å². The highest BCUT2D eigenvalue weighted by molar-refractivity contribution is 7.89. The summed E-state index contributed by atoms with van der Waals surface area (Å²) in [5, 5.41) is 14.3. The highest BCUT2D eigenvalue weighted by Crippen LogP contribution is 2.16. The van der Waals surface area contributed by atoms with Gasteiger partial charge in [0.15, 0.2) is 5.96 Å². The van der Waals surface area contributed by atoms with E-state index >= 15 is 0 Å². The number of carboxylic acids is 1. The largest absolute Gasteiger partial charge is 1.00 e. The lowest BCUT2D eigenvalue weighted by molar-refractivity contribution is -0.138. The molecule has 0 saturated carbocycles. The summed E-state index contributed by atoms with van der Waals surface area (Å²) in [6.45, 7) is -0.113. The number of aliphatic carboxylic acids is 1. The molecule has 8 N–H and O–H groups in total. The van der Waals surface area contributed by atoms with E-state index in [9.17, 15) is 27.9 Å². The maximum Gasteiger partial charge on any atom is 0.323 e. The van der Waals surface area contributed by atoms with E-state index in [1.807, 2.05) is 4.72 Å². The van der Waals surface area contributed by atoms with Crippen molar-refractivity contribution in [3.8, 4) is 0 Å². The summed E-state index contributed by atoms with van der Waals surface area (Å²) >= 11 is 0.888. The van der Waals surface area contributed by atoms with Gasteiger partial charge in [-0.1, -0.05) is 18.2 Å². The predicted molar refractivity (Wildman–Crippen MR) is 118 cm³/mol. The second kappa shape index (κ2) is 12.7. The number of carboxylic acid groups (broad SMARTS) is 1. The third-order valence-electron chi connectivity index (χ3n) is 3.86. The molecule has 2 rings (SSSR count). The SMILES string of the molecule is NC(N)=NCCNC(=O)c1ccc(C(=O)NC[C@@H](NS(=O)(=O)c2ccccc2)C(=O)O)s1.[Cl-]. The van der Waals surface area contributed by atoms with Crippen molar-refractivity contribution in [2.45, 2.75) is 10.9 Å². The fourth-order valence-corrected chi connectivity index (χ4v) is 4.39. The van der Waals surface area contributed by atoms with Gasteiger partial charge in [0.2, 0.25) is 10.0 Å². The summed E-state index contributed by atoms with van der Waals surface area (Å²) in [4.78, 5) is 39.9. The molecule has 1 aromatic heterocycles. The molecule has 2 amide bonds. The van der Waals surface area contributed by atoms with E-state index in [2.05, 4.69) is 15.6 Å². The molecule has 0 aliphatic carbocycles. The van der Waals surface area contributed by atoms with Crippen LogP contribution in [-0.4, -0.2) is 62.9 Å². The number of hydrogen-bond acceptors (Lipinski definition) is 7. The van der Waals surface area contributed by atoms with Crippen LogP contribution in [0.2, 0.25) is 0 Å². The summed E-state index contributed by atoms with van der Waals surface area (Å²) in [6.07, 6.45) is 0. The van der Waals surface area contributed by atoms with Gasteiger partial charge in [0, 0.05) is 13.1 Å². The number of carbonyl (C=O) groups is 3. The summed E-state index contributed by atoms with van der Waals surface area (Å²) in [5.41, 5.74) is 10.4. The van der Waals surface area contributed by atoms with Crippen molar-refractivity contribution in [2.75, 3.05) is 19.6 Å². The molecule has 15 heteroatoms. The summed E-state index contributed by atoms with van der Waals surface area (Å²) in [5.74, 6) is -2.64. The molecule has 180 valence electrons. The smallest absolute Gasteiger partial charge is 0.323 e. The molecule has 2 aromatic rings. The van der Waals surface area contributed by atoms with Crippen molar-refractivity contribution in [1.82, 2.24) is 15.4 Å². The number of hydrogen-bond donors (Lipinski definition) is 6. The number of nitrogens with two attached hydrogens (primary N) is 2. The number of nitrogens with zero attached hydrogens (tertiary/aromatic N) is 1. The zero-order chi connectivity index (χ0) is 23.7. The Kier molecular flexibility index (Phi) is 10.7. The molecule has 0 aliphatic rings. The number of sulfonamides is 1. The Bertz CT molecular complexity index is 1100. The molecule has 0 radical (unpaired) electrons. The Hall–Kier alpha value is -3.20. The van der Waals surface area contributed by atoms with Gasteiger partial charge in [-0.15, -0.1) is 11.3 Å². The fraction of sp³-hybridized carbons (Fsp3) is 0.222. The van der Waals surface area contributed by atoms with Crippen LogP contribution in [0.4, 0.5) is 0 Å². The first-order chi connectivity index (χ1) is 15.1. The average Bonchev–Trinajstić information content (AvgIpc) is 3.24. The van der Waals surface area contributed by atoms with Crippen LogP contribution in [0.15, 0.2) is 52.4 Å². The van der Waals surface area contributed by atoms with Crippen molar-refractivity contribution in [2.24, 2.45) is 16.5 Å². The molecular formula is C18H22ClN6O6S2-. The van der Waals surface area contributed by atoms with Gasteiger partial charge in [-0.2, -0.15) is 4.72 Å². The summed E-state index contributed by atoms with van der Waals surface area (Å²) in [6, 6.07) is 8.48. The number of rotatable bonds is 11. The molecule has 12 nitrogen and oxygen atoms in total. The number of nitrogens with one attached hydrogen (secondary N) is 3. The molecule has 0 unspecified atom stereocenters. The van der Waals surface area contributed by atoms with Crippen molar-refractivity contribution in [1.29, 1.82) is 0 Å². The van der Waals surface area contributed by atoms with Gasteiger partial charge in [0.05, 0.1) is 21.2 Å².